The van der Waals surface area contributed by atoms with Crippen molar-refractivity contribution >= 4 is 39.5 Å². The summed E-state index contributed by atoms with van der Waals surface area (Å²) in [5.41, 5.74) is 1.30. The van der Waals surface area contributed by atoms with E-state index in [0.29, 0.717) is 22.9 Å². The van der Waals surface area contributed by atoms with E-state index < -0.39 is 10.0 Å². The molecule has 0 spiro atoms. The second-order valence-electron chi connectivity index (χ2n) is 7.79. The largest absolute Gasteiger partial charge is 0.355 e. The molecular formula is C22H31ClN4O3S2. The van der Waals surface area contributed by atoms with Crippen molar-refractivity contribution in [2.75, 3.05) is 4.72 Å². The Bertz CT molecular complexity index is 1020. The van der Waals surface area contributed by atoms with Gasteiger partial charge in [0.1, 0.15) is 4.21 Å². The van der Waals surface area contributed by atoms with Gasteiger partial charge in [-0.1, -0.05) is 57.5 Å². The van der Waals surface area contributed by atoms with Crippen LogP contribution in [-0.4, -0.2) is 24.6 Å². The van der Waals surface area contributed by atoms with Crippen molar-refractivity contribution in [3.63, 3.8) is 0 Å². The normalized spacial score (nSPS) is 13.7. The highest BCUT2D eigenvalue weighted by Crippen LogP contribution is 2.31. The highest BCUT2D eigenvalue weighted by atomic mass is 35.5. The van der Waals surface area contributed by atoms with Gasteiger partial charge >= 0.3 is 0 Å². The van der Waals surface area contributed by atoms with Crippen LogP contribution in [0, 0.1) is 0 Å². The minimum Gasteiger partial charge on any atom is -0.355 e. The van der Waals surface area contributed by atoms with Crippen molar-refractivity contribution < 1.29 is 12.9 Å². The summed E-state index contributed by atoms with van der Waals surface area (Å²) in [6, 6.07) is 6.88. The maximum Gasteiger partial charge on any atom is 0.271 e. The molecule has 0 bridgehead atoms. The van der Waals surface area contributed by atoms with Crippen LogP contribution in [0.3, 0.4) is 0 Å². The molecule has 0 unspecified atom stereocenters. The van der Waals surface area contributed by atoms with Gasteiger partial charge in [0, 0.05) is 36.6 Å². The monoisotopic (exact) mass is 498 g/mol. The molecule has 10 heteroatoms. The third-order valence-electron chi connectivity index (χ3n) is 4.88. The first-order valence-corrected chi connectivity index (χ1v) is 13.0. The summed E-state index contributed by atoms with van der Waals surface area (Å²) in [7, 11) is -3.69. The number of nitrogens with zero attached hydrogens (tertiary/aromatic N) is 2. The molecule has 3 heterocycles. The third-order valence-corrected chi connectivity index (χ3v) is 7.83. The van der Waals surface area contributed by atoms with Gasteiger partial charge < -0.3 is 9.84 Å². The summed E-state index contributed by atoms with van der Waals surface area (Å²) in [4.78, 5) is 4.78. The topological polar surface area (TPSA) is 97.1 Å². The number of sulfonamides is 1. The minimum absolute atomic E-state index is 0. The predicted octanol–water partition coefficient (Wildman–Crippen LogP) is 5.86. The SMILES string of the molecule is C1CCCCC1.CC(C)NCc1cnccc1NS(=O)(=O)c1ccc(-c2ccno2)s1.Cl. The Hall–Kier alpha value is -1.94. The molecule has 0 amide bonds. The van der Waals surface area contributed by atoms with E-state index in [2.05, 4.69) is 20.2 Å². The maximum absolute atomic E-state index is 12.7. The minimum atomic E-state index is -3.69. The average Bonchev–Trinajstić information content (AvgIpc) is 3.47. The van der Waals surface area contributed by atoms with Crippen LogP contribution in [0.1, 0.15) is 57.9 Å². The summed E-state index contributed by atoms with van der Waals surface area (Å²) in [6.07, 6.45) is 13.7. The average molecular weight is 499 g/mol. The zero-order chi connectivity index (χ0) is 22.1. The van der Waals surface area contributed by atoms with Crippen LogP contribution in [-0.2, 0) is 16.6 Å². The number of hydrogen-bond acceptors (Lipinski definition) is 7. The summed E-state index contributed by atoms with van der Waals surface area (Å²) >= 11 is 1.13. The van der Waals surface area contributed by atoms with Gasteiger partial charge in [0.2, 0.25) is 0 Å². The van der Waals surface area contributed by atoms with Gasteiger partial charge in [0.15, 0.2) is 5.76 Å². The number of aromatic nitrogens is 2. The van der Waals surface area contributed by atoms with Crippen molar-refractivity contribution in [3.8, 4) is 10.6 Å². The molecule has 1 aliphatic rings. The lowest BCUT2D eigenvalue weighted by atomic mass is 10.0. The smallest absolute Gasteiger partial charge is 0.271 e. The standard InChI is InChI=1S/C16H18N4O3S2.C6H12.ClH/c1-11(2)18-10-12-9-17-7-5-13(12)20-25(21,22)16-4-3-15(24-16)14-6-8-19-23-14;1-2-4-6-5-3-1;/h3-9,11,18H,10H2,1-2H3,(H,17,20);1-6H2;1H. The molecule has 0 aliphatic heterocycles. The molecule has 0 radical (unpaired) electrons. The van der Waals surface area contributed by atoms with Crippen LogP contribution in [0.4, 0.5) is 5.69 Å². The van der Waals surface area contributed by atoms with Crippen LogP contribution in [0.15, 0.2) is 51.6 Å². The Morgan fingerprint density at radius 1 is 1.03 bits per heavy atom. The van der Waals surface area contributed by atoms with Crippen LogP contribution < -0.4 is 10.0 Å². The highest BCUT2D eigenvalue weighted by molar-refractivity contribution is 7.94. The van der Waals surface area contributed by atoms with Gasteiger partial charge in [-0.05, 0) is 18.2 Å². The van der Waals surface area contributed by atoms with Crippen molar-refractivity contribution in [3.05, 3.63) is 48.4 Å². The first kappa shape index (κ1) is 26.3. The van der Waals surface area contributed by atoms with E-state index in [9.17, 15) is 8.42 Å². The maximum atomic E-state index is 12.7. The number of halogens is 1. The number of thiophene rings is 1. The lowest BCUT2D eigenvalue weighted by Gasteiger charge is -2.13. The zero-order valence-electron chi connectivity index (χ0n) is 18.4. The molecule has 1 aliphatic carbocycles. The van der Waals surface area contributed by atoms with Gasteiger partial charge in [-0.25, -0.2) is 8.42 Å². The molecule has 3 aromatic rings. The molecule has 0 saturated heterocycles. The molecule has 1 saturated carbocycles. The van der Waals surface area contributed by atoms with Crippen molar-refractivity contribution in [1.29, 1.82) is 0 Å². The Labute approximate surface area is 200 Å². The highest BCUT2D eigenvalue weighted by Gasteiger charge is 2.20. The van der Waals surface area contributed by atoms with Gasteiger partial charge in [-0.2, -0.15) is 0 Å². The van der Waals surface area contributed by atoms with Crippen molar-refractivity contribution in [2.45, 2.75) is 69.2 Å². The molecule has 4 rings (SSSR count). The molecule has 32 heavy (non-hydrogen) atoms. The summed E-state index contributed by atoms with van der Waals surface area (Å²) in [6.45, 7) is 4.57. The Morgan fingerprint density at radius 3 is 2.31 bits per heavy atom. The van der Waals surface area contributed by atoms with E-state index in [4.69, 9.17) is 4.52 Å². The van der Waals surface area contributed by atoms with Gasteiger partial charge in [-0.3, -0.25) is 9.71 Å². The second-order valence-corrected chi connectivity index (χ2v) is 10.8. The van der Waals surface area contributed by atoms with E-state index in [1.807, 2.05) is 13.8 Å². The fourth-order valence-electron chi connectivity index (χ4n) is 3.18. The molecule has 176 valence electrons. The molecule has 0 aromatic carbocycles. The zero-order valence-corrected chi connectivity index (χ0v) is 20.9. The third kappa shape index (κ3) is 7.88. The van der Waals surface area contributed by atoms with E-state index in [0.717, 1.165) is 16.9 Å². The fourth-order valence-corrected chi connectivity index (χ4v) is 5.54. The van der Waals surface area contributed by atoms with Gasteiger partial charge in [0.05, 0.1) is 16.8 Å². The van der Waals surface area contributed by atoms with Crippen molar-refractivity contribution in [1.82, 2.24) is 15.5 Å². The number of anilines is 1. The molecular weight excluding hydrogens is 468 g/mol. The van der Waals surface area contributed by atoms with Gasteiger partial charge in [0.25, 0.3) is 10.0 Å². The molecule has 1 fully saturated rings. The summed E-state index contributed by atoms with van der Waals surface area (Å²) < 4.78 is 33.3. The fraction of sp³-hybridized carbons (Fsp3) is 0.455. The van der Waals surface area contributed by atoms with Crippen LogP contribution in [0.5, 0.6) is 0 Å². The lowest BCUT2D eigenvalue weighted by Crippen LogP contribution is -2.23. The van der Waals surface area contributed by atoms with Crippen LogP contribution in [0.2, 0.25) is 0 Å². The number of pyridine rings is 1. The van der Waals surface area contributed by atoms with E-state index in [-0.39, 0.29) is 22.7 Å². The lowest BCUT2D eigenvalue weighted by molar-refractivity contribution is 0.433. The Balaban J connectivity index is 0.000000450. The number of rotatable bonds is 7. The van der Waals surface area contributed by atoms with E-state index >= 15 is 0 Å². The Kier molecular flexibility index (Phi) is 10.6. The molecule has 2 N–H and O–H groups in total. The van der Waals surface area contributed by atoms with Crippen molar-refractivity contribution in [2.24, 2.45) is 0 Å². The van der Waals surface area contributed by atoms with Crippen LogP contribution in [0.25, 0.3) is 10.6 Å². The second kappa shape index (κ2) is 12.9. The summed E-state index contributed by atoms with van der Waals surface area (Å²) in [5.74, 6) is 0.539. The number of hydrogen-bond donors (Lipinski definition) is 2. The first-order chi connectivity index (χ1) is 15.0. The quantitative estimate of drug-likeness (QED) is 0.423. The molecule has 0 atom stereocenters. The predicted molar refractivity (Wildman–Crippen MR) is 132 cm³/mol. The molecule has 7 nitrogen and oxygen atoms in total. The van der Waals surface area contributed by atoms with E-state index in [1.165, 1.54) is 44.7 Å². The Morgan fingerprint density at radius 2 is 1.72 bits per heavy atom. The van der Waals surface area contributed by atoms with Crippen LogP contribution >= 0.6 is 23.7 Å². The first-order valence-electron chi connectivity index (χ1n) is 10.7. The number of nitrogens with one attached hydrogen (secondary N) is 2. The van der Waals surface area contributed by atoms with E-state index in [1.54, 1.807) is 36.7 Å². The summed E-state index contributed by atoms with van der Waals surface area (Å²) in [5, 5.41) is 6.90. The molecule has 3 aromatic heterocycles. The van der Waals surface area contributed by atoms with Gasteiger partial charge in [-0.15, -0.1) is 23.7 Å².